The van der Waals surface area contributed by atoms with E-state index in [0.717, 1.165) is 5.56 Å². The highest BCUT2D eigenvalue weighted by Crippen LogP contribution is 2.24. The van der Waals surface area contributed by atoms with Crippen LogP contribution < -0.4 is 4.74 Å². The normalized spacial score (nSPS) is 10.5. The first-order valence-electron chi connectivity index (χ1n) is 3.28. The molecule has 2 nitrogen and oxygen atoms in total. The van der Waals surface area contributed by atoms with E-state index >= 15 is 0 Å². The summed E-state index contributed by atoms with van der Waals surface area (Å²) in [5.41, 5.74) is 0.798. The quantitative estimate of drug-likeness (QED) is 0.788. The number of hydrogen-bond acceptors (Lipinski definition) is 2. The molecule has 0 aliphatic rings. The zero-order chi connectivity index (χ0) is 9.84. The van der Waals surface area contributed by atoms with E-state index in [1.54, 1.807) is 0 Å². The lowest BCUT2D eigenvalue weighted by atomic mass is 10.3. The topological polar surface area (TPSA) is 22.1 Å². The maximum Gasteiger partial charge on any atom is 0.388 e. The van der Waals surface area contributed by atoms with Crippen molar-refractivity contribution in [1.29, 1.82) is 0 Å². The van der Waals surface area contributed by atoms with E-state index in [0.29, 0.717) is 5.33 Å². The summed E-state index contributed by atoms with van der Waals surface area (Å²) >= 11 is 8.79. The molecular weight excluding hydrogens is 267 g/mol. The molecule has 0 bridgehead atoms. The van der Waals surface area contributed by atoms with Gasteiger partial charge in [-0.05, 0) is 11.6 Å². The second kappa shape index (κ2) is 4.72. The molecule has 1 aromatic rings. The van der Waals surface area contributed by atoms with Crippen molar-refractivity contribution in [2.24, 2.45) is 0 Å². The predicted octanol–water partition coefficient (Wildman–Crippen LogP) is 3.23. The van der Waals surface area contributed by atoms with Gasteiger partial charge >= 0.3 is 6.61 Å². The smallest absolute Gasteiger partial charge is 0.388 e. The van der Waals surface area contributed by atoms with E-state index < -0.39 is 6.61 Å². The lowest BCUT2D eigenvalue weighted by Crippen LogP contribution is -2.04. The van der Waals surface area contributed by atoms with Crippen molar-refractivity contribution in [3.05, 3.63) is 22.8 Å². The minimum Gasteiger partial charge on any atom is -0.415 e. The molecule has 0 atom stereocenters. The van der Waals surface area contributed by atoms with Gasteiger partial charge in [0.1, 0.15) is 5.02 Å². The van der Waals surface area contributed by atoms with E-state index in [1.165, 1.54) is 12.3 Å². The Kier molecular flexibility index (Phi) is 3.87. The summed E-state index contributed by atoms with van der Waals surface area (Å²) in [5.74, 6) is -0.249. The highest BCUT2D eigenvalue weighted by Gasteiger charge is 2.09. The molecule has 0 N–H and O–H groups in total. The van der Waals surface area contributed by atoms with Crippen molar-refractivity contribution in [3.8, 4) is 5.88 Å². The van der Waals surface area contributed by atoms with Crippen molar-refractivity contribution in [2.75, 3.05) is 0 Å². The van der Waals surface area contributed by atoms with E-state index in [2.05, 4.69) is 25.7 Å². The van der Waals surface area contributed by atoms with E-state index in [-0.39, 0.29) is 10.9 Å². The third-order valence-electron chi connectivity index (χ3n) is 1.22. The molecule has 0 aliphatic heterocycles. The van der Waals surface area contributed by atoms with Crippen LogP contribution >= 0.6 is 27.5 Å². The van der Waals surface area contributed by atoms with Crippen LogP contribution in [0.25, 0.3) is 0 Å². The van der Waals surface area contributed by atoms with Crippen LogP contribution in [0.3, 0.4) is 0 Å². The van der Waals surface area contributed by atoms with Gasteiger partial charge in [0, 0.05) is 11.5 Å². The second-order valence-corrected chi connectivity index (χ2v) is 3.11. The molecule has 0 fully saturated rings. The Bertz CT molecular complexity index is 298. The average Bonchev–Trinajstić information content (AvgIpc) is 2.08. The van der Waals surface area contributed by atoms with Crippen LogP contribution in [-0.4, -0.2) is 11.6 Å². The van der Waals surface area contributed by atoms with Crippen LogP contribution in [0, 0.1) is 0 Å². The van der Waals surface area contributed by atoms with Crippen LogP contribution in [0.2, 0.25) is 5.02 Å². The van der Waals surface area contributed by atoms with Gasteiger partial charge in [0.15, 0.2) is 0 Å². The fourth-order valence-electron chi connectivity index (χ4n) is 0.709. The Morgan fingerprint density at radius 3 is 2.77 bits per heavy atom. The largest absolute Gasteiger partial charge is 0.415 e. The van der Waals surface area contributed by atoms with Crippen molar-refractivity contribution >= 4 is 27.5 Å². The maximum atomic E-state index is 11.8. The Hall–Kier alpha value is -0.420. The Labute approximate surface area is 87.0 Å². The van der Waals surface area contributed by atoms with Gasteiger partial charge in [-0.2, -0.15) is 8.78 Å². The van der Waals surface area contributed by atoms with Crippen LogP contribution in [0.5, 0.6) is 5.88 Å². The van der Waals surface area contributed by atoms with Crippen LogP contribution in [0.15, 0.2) is 12.3 Å². The first-order valence-corrected chi connectivity index (χ1v) is 4.78. The van der Waals surface area contributed by atoms with Gasteiger partial charge < -0.3 is 4.74 Å². The summed E-state index contributed by atoms with van der Waals surface area (Å²) in [5, 5.41) is 0.645. The van der Waals surface area contributed by atoms with Gasteiger partial charge in [-0.1, -0.05) is 27.5 Å². The van der Waals surface area contributed by atoms with E-state index in [1.807, 2.05) is 0 Å². The fourth-order valence-corrected chi connectivity index (χ4v) is 1.25. The number of halogens is 4. The Balaban J connectivity index is 2.85. The van der Waals surface area contributed by atoms with Gasteiger partial charge in [0.2, 0.25) is 5.88 Å². The minimum atomic E-state index is -2.90. The molecule has 0 amide bonds. The van der Waals surface area contributed by atoms with Gasteiger partial charge in [-0.3, -0.25) is 0 Å². The highest BCUT2D eigenvalue weighted by molar-refractivity contribution is 9.08. The lowest BCUT2D eigenvalue weighted by molar-refractivity contribution is -0.0527. The molecule has 1 heterocycles. The molecule has 0 aromatic carbocycles. The summed E-state index contributed by atoms with van der Waals surface area (Å²) in [6.45, 7) is -2.90. The van der Waals surface area contributed by atoms with Crippen LogP contribution in [0.4, 0.5) is 8.78 Å². The SMILES string of the molecule is FC(F)Oc1ncc(CBr)cc1Cl. The minimum absolute atomic E-state index is 0.0808. The third kappa shape index (κ3) is 3.08. The molecule has 0 aliphatic carbocycles. The standard InChI is InChI=1S/C7H5BrClF2NO/c8-2-4-1-5(9)6(12-3-4)13-7(10)11/h1,3,7H,2H2. The molecule has 1 aromatic heterocycles. The molecule has 0 spiro atoms. The number of hydrogen-bond donors (Lipinski definition) is 0. The number of aromatic nitrogens is 1. The zero-order valence-corrected chi connectivity index (χ0v) is 8.65. The van der Waals surface area contributed by atoms with Crippen molar-refractivity contribution in [3.63, 3.8) is 0 Å². The average molecular weight is 272 g/mol. The van der Waals surface area contributed by atoms with Crippen molar-refractivity contribution in [2.45, 2.75) is 11.9 Å². The zero-order valence-electron chi connectivity index (χ0n) is 6.31. The summed E-state index contributed by atoms with van der Waals surface area (Å²) < 4.78 is 27.6. The van der Waals surface area contributed by atoms with Gasteiger partial charge in [-0.25, -0.2) is 4.98 Å². The number of ether oxygens (including phenoxy) is 1. The van der Waals surface area contributed by atoms with E-state index in [9.17, 15) is 8.78 Å². The molecule has 0 saturated carbocycles. The Morgan fingerprint density at radius 1 is 1.62 bits per heavy atom. The van der Waals surface area contributed by atoms with Crippen LogP contribution in [0.1, 0.15) is 5.56 Å². The monoisotopic (exact) mass is 271 g/mol. The first-order chi connectivity index (χ1) is 6.13. The van der Waals surface area contributed by atoms with Crippen LogP contribution in [-0.2, 0) is 5.33 Å². The first kappa shape index (κ1) is 10.7. The molecular formula is C7H5BrClF2NO. The highest BCUT2D eigenvalue weighted by atomic mass is 79.9. The maximum absolute atomic E-state index is 11.8. The molecule has 0 saturated heterocycles. The number of nitrogens with zero attached hydrogens (tertiary/aromatic N) is 1. The predicted molar refractivity (Wildman–Crippen MR) is 48.5 cm³/mol. The van der Waals surface area contributed by atoms with Gasteiger partial charge in [0.25, 0.3) is 0 Å². The number of rotatable bonds is 3. The summed E-state index contributed by atoms with van der Waals surface area (Å²) in [6, 6.07) is 1.51. The lowest BCUT2D eigenvalue weighted by Gasteiger charge is -2.05. The van der Waals surface area contributed by atoms with Gasteiger partial charge in [-0.15, -0.1) is 0 Å². The molecule has 0 unspecified atom stereocenters. The second-order valence-electron chi connectivity index (χ2n) is 2.14. The summed E-state index contributed by atoms with van der Waals surface area (Å²) in [7, 11) is 0. The fraction of sp³-hybridized carbons (Fsp3) is 0.286. The molecule has 13 heavy (non-hydrogen) atoms. The molecule has 1 rings (SSSR count). The van der Waals surface area contributed by atoms with E-state index in [4.69, 9.17) is 11.6 Å². The molecule has 6 heteroatoms. The van der Waals surface area contributed by atoms with Crippen molar-refractivity contribution < 1.29 is 13.5 Å². The summed E-state index contributed by atoms with van der Waals surface area (Å²) in [6.07, 6.45) is 1.42. The van der Waals surface area contributed by atoms with Gasteiger partial charge in [0.05, 0.1) is 0 Å². The third-order valence-corrected chi connectivity index (χ3v) is 2.14. The number of pyridine rings is 1. The molecule has 0 radical (unpaired) electrons. The number of alkyl halides is 3. The summed E-state index contributed by atoms with van der Waals surface area (Å²) in [4.78, 5) is 3.63. The Morgan fingerprint density at radius 2 is 2.31 bits per heavy atom. The molecule has 72 valence electrons. The van der Waals surface area contributed by atoms with Crippen molar-refractivity contribution in [1.82, 2.24) is 4.98 Å².